The van der Waals surface area contributed by atoms with Crippen molar-refractivity contribution >= 4 is 8.56 Å². The average Bonchev–Trinajstić information content (AvgIpc) is 2.23. The molecular weight excluding hydrogens is 216 g/mol. The van der Waals surface area contributed by atoms with E-state index in [1.54, 1.807) is 0 Å². The standard InChI is InChI=1S/C13H30O2Si/c1-7-16(8-2,15-11-13(5)6)14-10-9-12(3)4/h12-13H,7-11H2,1-6H3. The molecule has 16 heavy (non-hydrogen) atoms. The number of rotatable bonds is 9. The zero-order valence-corrected chi connectivity index (χ0v) is 13.0. The Hall–Kier alpha value is 0.137. The minimum atomic E-state index is -1.87. The molecule has 0 aliphatic carbocycles. The van der Waals surface area contributed by atoms with Gasteiger partial charge in [-0.3, -0.25) is 0 Å². The Morgan fingerprint density at radius 3 is 1.81 bits per heavy atom. The van der Waals surface area contributed by atoms with Gasteiger partial charge in [-0.05, 0) is 30.3 Å². The van der Waals surface area contributed by atoms with Crippen LogP contribution in [-0.2, 0) is 8.85 Å². The van der Waals surface area contributed by atoms with Crippen LogP contribution in [0.25, 0.3) is 0 Å². The zero-order valence-electron chi connectivity index (χ0n) is 12.0. The summed E-state index contributed by atoms with van der Waals surface area (Å²) < 4.78 is 12.2. The van der Waals surface area contributed by atoms with Gasteiger partial charge in [0.1, 0.15) is 0 Å². The molecule has 0 aromatic carbocycles. The normalized spacial score (nSPS) is 12.8. The molecule has 0 N–H and O–H groups in total. The maximum Gasteiger partial charge on any atom is 0.337 e. The Labute approximate surface area is 103 Å². The van der Waals surface area contributed by atoms with Crippen LogP contribution >= 0.6 is 0 Å². The lowest BCUT2D eigenvalue weighted by Gasteiger charge is -2.30. The first-order valence-corrected chi connectivity index (χ1v) is 8.96. The summed E-state index contributed by atoms with van der Waals surface area (Å²) in [5.74, 6) is 1.31. The predicted octanol–water partition coefficient (Wildman–Crippen LogP) is 4.20. The summed E-state index contributed by atoms with van der Waals surface area (Å²) in [6.45, 7) is 15.0. The van der Waals surface area contributed by atoms with E-state index in [4.69, 9.17) is 8.85 Å². The van der Waals surface area contributed by atoms with E-state index in [2.05, 4.69) is 41.5 Å². The van der Waals surface area contributed by atoms with Crippen LogP contribution in [0.1, 0.15) is 48.0 Å². The molecule has 0 radical (unpaired) electrons. The molecule has 0 saturated carbocycles. The van der Waals surface area contributed by atoms with Crippen LogP contribution in [0.4, 0.5) is 0 Å². The highest BCUT2D eigenvalue weighted by molar-refractivity contribution is 6.67. The number of hydrogen-bond donors (Lipinski definition) is 0. The van der Waals surface area contributed by atoms with Crippen LogP contribution in [0.15, 0.2) is 0 Å². The molecule has 0 bridgehead atoms. The summed E-state index contributed by atoms with van der Waals surface area (Å²) in [5.41, 5.74) is 0. The van der Waals surface area contributed by atoms with Crippen LogP contribution in [0.3, 0.4) is 0 Å². The van der Waals surface area contributed by atoms with Crippen LogP contribution in [0, 0.1) is 11.8 Å². The molecule has 0 fully saturated rings. The van der Waals surface area contributed by atoms with Crippen molar-refractivity contribution in [1.29, 1.82) is 0 Å². The molecule has 0 rings (SSSR count). The van der Waals surface area contributed by atoms with E-state index in [1.807, 2.05) is 0 Å². The SMILES string of the molecule is CC[Si](CC)(OCCC(C)C)OCC(C)C. The van der Waals surface area contributed by atoms with Gasteiger partial charge in [0.15, 0.2) is 0 Å². The summed E-state index contributed by atoms with van der Waals surface area (Å²) in [6.07, 6.45) is 1.14. The van der Waals surface area contributed by atoms with Crippen molar-refractivity contribution in [2.24, 2.45) is 11.8 Å². The second-order valence-corrected chi connectivity index (χ2v) is 9.17. The van der Waals surface area contributed by atoms with Crippen molar-refractivity contribution in [2.75, 3.05) is 13.2 Å². The largest absolute Gasteiger partial charge is 0.394 e. The summed E-state index contributed by atoms with van der Waals surface area (Å²) in [7, 11) is -1.87. The molecule has 0 aromatic rings. The molecule has 0 aromatic heterocycles. The van der Waals surface area contributed by atoms with E-state index in [-0.39, 0.29) is 0 Å². The van der Waals surface area contributed by atoms with E-state index in [9.17, 15) is 0 Å². The topological polar surface area (TPSA) is 18.5 Å². The zero-order chi connectivity index (χ0) is 12.6. The van der Waals surface area contributed by atoms with Gasteiger partial charge in [0, 0.05) is 13.2 Å². The second kappa shape index (κ2) is 8.26. The summed E-state index contributed by atoms with van der Waals surface area (Å²) in [5, 5.41) is 0. The third-order valence-corrected chi connectivity index (χ3v) is 6.40. The van der Waals surface area contributed by atoms with Gasteiger partial charge >= 0.3 is 8.56 Å². The number of hydrogen-bond acceptors (Lipinski definition) is 2. The fourth-order valence-electron chi connectivity index (χ4n) is 1.50. The molecule has 0 atom stereocenters. The lowest BCUT2D eigenvalue weighted by molar-refractivity contribution is 0.147. The first-order chi connectivity index (χ1) is 7.45. The minimum absolute atomic E-state index is 0.596. The minimum Gasteiger partial charge on any atom is -0.394 e. The molecule has 0 heterocycles. The van der Waals surface area contributed by atoms with E-state index in [1.165, 1.54) is 0 Å². The second-order valence-electron chi connectivity index (χ2n) is 5.35. The average molecular weight is 246 g/mol. The monoisotopic (exact) mass is 246 g/mol. The molecule has 0 aliphatic rings. The van der Waals surface area contributed by atoms with Gasteiger partial charge in [-0.25, -0.2) is 0 Å². The van der Waals surface area contributed by atoms with Crippen molar-refractivity contribution in [3.63, 3.8) is 0 Å². The molecule has 3 heteroatoms. The summed E-state index contributed by atoms with van der Waals surface area (Å²) in [4.78, 5) is 0. The molecule has 0 amide bonds. The fraction of sp³-hybridized carbons (Fsp3) is 1.00. The molecule has 0 spiro atoms. The van der Waals surface area contributed by atoms with Gasteiger partial charge in [-0.2, -0.15) is 0 Å². The Morgan fingerprint density at radius 2 is 1.44 bits per heavy atom. The lowest BCUT2D eigenvalue weighted by Crippen LogP contribution is -2.42. The highest BCUT2D eigenvalue weighted by atomic mass is 28.4. The van der Waals surface area contributed by atoms with Gasteiger partial charge in [0.2, 0.25) is 0 Å². The first kappa shape index (κ1) is 16.1. The van der Waals surface area contributed by atoms with Crippen LogP contribution < -0.4 is 0 Å². The highest BCUT2D eigenvalue weighted by Crippen LogP contribution is 2.20. The van der Waals surface area contributed by atoms with Gasteiger partial charge in [0.25, 0.3) is 0 Å². The highest BCUT2D eigenvalue weighted by Gasteiger charge is 2.33. The third kappa shape index (κ3) is 6.66. The van der Waals surface area contributed by atoms with E-state index >= 15 is 0 Å². The van der Waals surface area contributed by atoms with Crippen molar-refractivity contribution < 1.29 is 8.85 Å². The fourth-order valence-corrected chi connectivity index (χ4v) is 4.03. The van der Waals surface area contributed by atoms with Crippen molar-refractivity contribution in [3.05, 3.63) is 0 Å². The van der Waals surface area contributed by atoms with Gasteiger partial charge in [0.05, 0.1) is 0 Å². The van der Waals surface area contributed by atoms with Crippen LogP contribution in [0.5, 0.6) is 0 Å². The maximum absolute atomic E-state index is 6.11. The van der Waals surface area contributed by atoms with E-state index < -0.39 is 8.56 Å². The van der Waals surface area contributed by atoms with E-state index in [0.717, 1.165) is 31.7 Å². The first-order valence-electron chi connectivity index (χ1n) is 6.73. The van der Waals surface area contributed by atoms with Gasteiger partial charge in [-0.1, -0.05) is 41.5 Å². The Balaban J connectivity index is 4.10. The van der Waals surface area contributed by atoms with Crippen LogP contribution in [0.2, 0.25) is 12.1 Å². The van der Waals surface area contributed by atoms with Crippen molar-refractivity contribution in [3.8, 4) is 0 Å². The summed E-state index contributed by atoms with van der Waals surface area (Å²) in [6, 6.07) is 2.13. The lowest BCUT2D eigenvalue weighted by atomic mass is 10.2. The Morgan fingerprint density at radius 1 is 0.875 bits per heavy atom. The summed E-state index contributed by atoms with van der Waals surface area (Å²) >= 11 is 0. The van der Waals surface area contributed by atoms with Crippen molar-refractivity contribution in [2.45, 2.75) is 60.1 Å². The Bertz CT molecular complexity index is 165. The van der Waals surface area contributed by atoms with Gasteiger partial charge in [-0.15, -0.1) is 0 Å². The molecule has 0 aliphatic heterocycles. The van der Waals surface area contributed by atoms with Crippen molar-refractivity contribution in [1.82, 2.24) is 0 Å². The molecular formula is C13H30O2Si. The molecule has 2 nitrogen and oxygen atoms in total. The quantitative estimate of drug-likeness (QED) is 0.568. The Kier molecular flexibility index (Phi) is 8.33. The van der Waals surface area contributed by atoms with Gasteiger partial charge < -0.3 is 8.85 Å². The molecule has 98 valence electrons. The van der Waals surface area contributed by atoms with E-state index in [0.29, 0.717) is 11.8 Å². The molecule has 0 unspecified atom stereocenters. The maximum atomic E-state index is 6.11. The van der Waals surface area contributed by atoms with Crippen LogP contribution in [-0.4, -0.2) is 21.8 Å². The third-order valence-electron chi connectivity index (χ3n) is 2.82. The smallest absolute Gasteiger partial charge is 0.337 e. The predicted molar refractivity (Wildman–Crippen MR) is 72.9 cm³/mol. The molecule has 0 saturated heterocycles.